The lowest BCUT2D eigenvalue weighted by molar-refractivity contribution is 0.0526. The Kier molecular flexibility index (Phi) is 3.96. The number of anilines is 1. The van der Waals surface area contributed by atoms with Crippen molar-refractivity contribution >= 4 is 22.4 Å². The van der Waals surface area contributed by atoms with Gasteiger partial charge in [-0.3, -0.25) is 0 Å². The molecule has 0 radical (unpaired) electrons. The van der Waals surface area contributed by atoms with Crippen molar-refractivity contribution in [2.75, 3.05) is 24.6 Å². The molecule has 0 bridgehead atoms. The fraction of sp³-hybridized carbons (Fsp3) is 0.636. The lowest BCUT2D eigenvalue weighted by Gasteiger charge is -2.32. The number of hydrogen-bond donors (Lipinski definition) is 1. The Morgan fingerprint density at radius 3 is 3.24 bits per heavy atom. The van der Waals surface area contributed by atoms with Crippen LogP contribution in [0, 0.1) is 0 Å². The summed E-state index contributed by atoms with van der Waals surface area (Å²) in [6.07, 6.45) is 2.37. The van der Waals surface area contributed by atoms with Gasteiger partial charge in [0.25, 0.3) is 0 Å². The second-order valence-corrected chi connectivity index (χ2v) is 4.82. The maximum atomic E-state index is 10.8. The van der Waals surface area contributed by atoms with Crippen molar-refractivity contribution in [1.29, 1.82) is 0 Å². The van der Waals surface area contributed by atoms with Crippen LogP contribution in [0.4, 0.5) is 5.13 Å². The molecule has 0 aromatic carbocycles. The van der Waals surface area contributed by atoms with E-state index in [1.165, 1.54) is 11.3 Å². The topological polar surface area (TPSA) is 62.7 Å². The number of aromatic carboxylic acids is 1. The highest BCUT2D eigenvalue weighted by atomic mass is 32.1. The smallest absolute Gasteiger partial charge is 0.355 e. The van der Waals surface area contributed by atoms with E-state index in [9.17, 15) is 4.79 Å². The van der Waals surface area contributed by atoms with Crippen LogP contribution in [-0.4, -0.2) is 41.9 Å². The molecule has 94 valence electrons. The molecular formula is C11H16N2O3S. The van der Waals surface area contributed by atoms with E-state index in [-0.39, 0.29) is 11.8 Å². The van der Waals surface area contributed by atoms with Gasteiger partial charge in [-0.1, -0.05) is 0 Å². The van der Waals surface area contributed by atoms with Crippen LogP contribution in [-0.2, 0) is 4.74 Å². The fourth-order valence-corrected chi connectivity index (χ4v) is 2.83. The average Bonchev–Trinajstić information content (AvgIpc) is 2.79. The summed E-state index contributed by atoms with van der Waals surface area (Å²) in [7, 11) is 0. The van der Waals surface area contributed by atoms with E-state index in [2.05, 4.69) is 9.88 Å². The van der Waals surface area contributed by atoms with Gasteiger partial charge in [-0.05, 0) is 19.8 Å². The molecule has 1 N–H and O–H groups in total. The SMILES string of the molecule is CCOC1CCCN(c2nc(C(=O)O)cs2)C1. The van der Waals surface area contributed by atoms with Crippen molar-refractivity contribution in [2.45, 2.75) is 25.9 Å². The van der Waals surface area contributed by atoms with Gasteiger partial charge in [0.2, 0.25) is 0 Å². The number of hydrogen-bond acceptors (Lipinski definition) is 5. The minimum atomic E-state index is -0.967. The zero-order valence-corrected chi connectivity index (χ0v) is 10.6. The molecule has 0 aliphatic carbocycles. The normalized spacial score (nSPS) is 20.5. The predicted octanol–water partition coefficient (Wildman–Crippen LogP) is 1.85. The fourth-order valence-electron chi connectivity index (χ4n) is 1.99. The third kappa shape index (κ3) is 2.95. The first-order valence-corrected chi connectivity index (χ1v) is 6.64. The van der Waals surface area contributed by atoms with Crippen LogP contribution in [0.5, 0.6) is 0 Å². The Labute approximate surface area is 104 Å². The van der Waals surface area contributed by atoms with Crippen molar-refractivity contribution in [3.63, 3.8) is 0 Å². The monoisotopic (exact) mass is 256 g/mol. The van der Waals surface area contributed by atoms with Gasteiger partial charge in [-0.2, -0.15) is 0 Å². The summed E-state index contributed by atoms with van der Waals surface area (Å²) in [5.74, 6) is -0.967. The van der Waals surface area contributed by atoms with Gasteiger partial charge in [0, 0.05) is 25.1 Å². The van der Waals surface area contributed by atoms with E-state index in [0.29, 0.717) is 0 Å². The van der Waals surface area contributed by atoms with Crippen LogP contribution < -0.4 is 4.90 Å². The van der Waals surface area contributed by atoms with Crippen LogP contribution in [0.25, 0.3) is 0 Å². The summed E-state index contributed by atoms with van der Waals surface area (Å²) in [4.78, 5) is 17.0. The van der Waals surface area contributed by atoms with E-state index in [0.717, 1.165) is 37.7 Å². The minimum Gasteiger partial charge on any atom is -0.476 e. The molecule has 0 amide bonds. The first kappa shape index (κ1) is 12.3. The Morgan fingerprint density at radius 2 is 2.59 bits per heavy atom. The van der Waals surface area contributed by atoms with Gasteiger partial charge < -0.3 is 14.7 Å². The number of piperidine rings is 1. The highest BCUT2D eigenvalue weighted by molar-refractivity contribution is 7.13. The number of aromatic nitrogens is 1. The van der Waals surface area contributed by atoms with E-state index in [1.807, 2.05) is 6.92 Å². The molecule has 17 heavy (non-hydrogen) atoms. The summed E-state index contributed by atoms with van der Waals surface area (Å²) in [5.41, 5.74) is 0.128. The molecule has 6 heteroatoms. The summed E-state index contributed by atoms with van der Waals surface area (Å²) < 4.78 is 5.61. The highest BCUT2D eigenvalue weighted by Gasteiger charge is 2.22. The molecule has 2 heterocycles. The van der Waals surface area contributed by atoms with Crippen molar-refractivity contribution in [2.24, 2.45) is 0 Å². The molecular weight excluding hydrogens is 240 g/mol. The third-order valence-corrected chi connectivity index (χ3v) is 3.66. The lowest BCUT2D eigenvalue weighted by Crippen LogP contribution is -2.39. The highest BCUT2D eigenvalue weighted by Crippen LogP contribution is 2.25. The Hall–Kier alpha value is -1.14. The molecule has 2 rings (SSSR count). The van der Waals surface area contributed by atoms with E-state index >= 15 is 0 Å². The van der Waals surface area contributed by atoms with Gasteiger partial charge in [0.15, 0.2) is 10.8 Å². The summed E-state index contributed by atoms with van der Waals surface area (Å²) in [5, 5.41) is 11.2. The number of carboxylic acid groups (broad SMARTS) is 1. The molecule has 1 aliphatic rings. The molecule has 1 unspecified atom stereocenters. The lowest BCUT2D eigenvalue weighted by atomic mass is 10.1. The summed E-state index contributed by atoms with van der Waals surface area (Å²) in [6, 6.07) is 0. The number of rotatable bonds is 4. The van der Waals surface area contributed by atoms with Crippen molar-refractivity contribution in [3.05, 3.63) is 11.1 Å². The number of nitrogens with zero attached hydrogens (tertiary/aromatic N) is 2. The molecule has 1 atom stereocenters. The van der Waals surface area contributed by atoms with Crippen LogP contribution in [0.3, 0.4) is 0 Å². The van der Waals surface area contributed by atoms with Gasteiger partial charge in [-0.25, -0.2) is 9.78 Å². The number of ether oxygens (including phenoxy) is 1. The van der Waals surface area contributed by atoms with Crippen LogP contribution in [0.15, 0.2) is 5.38 Å². The van der Waals surface area contributed by atoms with Crippen LogP contribution in [0.2, 0.25) is 0 Å². The maximum absolute atomic E-state index is 10.8. The Balaban J connectivity index is 2.02. The first-order valence-electron chi connectivity index (χ1n) is 5.76. The second kappa shape index (κ2) is 5.46. The molecule has 1 fully saturated rings. The number of carbonyl (C=O) groups is 1. The second-order valence-electron chi connectivity index (χ2n) is 3.99. The largest absolute Gasteiger partial charge is 0.476 e. The quantitative estimate of drug-likeness (QED) is 0.890. The van der Waals surface area contributed by atoms with E-state index in [4.69, 9.17) is 9.84 Å². The number of thiazole rings is 1. The molecule has 1 saturated heterocycles. The average molecular weight is 256 g/mol. The summed E-state index contributed by atoms with van der Waals surface area (Å²) >= 11 is 1.38. The van der Waals surface area contributed by atoms with Crippen molar-refractivity contribution in [1.82, 2.24) is 4.98 Å². The molecule has 0 saturated carbocycles. The zero-order chi connectivity index (χ0) is 12.3. The van der Waals surface area contributed by atoms with E-state index < -0.39 is 5.97 Å². The van der Waals surface area contributed by atoms with Gasteiger partial charge in [0.05, 0.1) is 6.10 Å². The van der Waals surface area contributed by atoms with Crippen LogP contribution >= 0.6 is 11.3 Å². The van der Waals surface area contributed by atoms with Gasteiger partial charge >= 0.3 is 5.97 Å². The van der Waals surface area contributed by atoms with Crippen molar-refractivity contribution < 1.29 is 14.6 Å². The Bertz CT molecular complexity index is 392. The molecule has 1 aromatic heterocycles. The number of carboxylic acids is 1. The molecule has 1 aromatic rings. The van der Waals surface area contributed by atoms with Crippen LogP contribution in [0.1, 0.15) is 30.3 Å². The maximum Gasteiger partial charge on any atom is 0.355 e. The molecule has 1 aliphatic heterocycles. The minimum absolute atomic E-state index is 0.128. The van der Waals surface area contributed by atoms with Gasteiger partial charge in [0.1, 0.15) is 0 Å². The standard InChI is InChI=1S/C11H16N2O3S/c1-2-16-8-4-3-5-13(6-8)11-12-9(7-17-11)10(14)15/h7-8H,2-6H2,1H3,(H,14,15). The molecule has 0 spiro atoms. The van der Waals surface area contributed by atoms with Gasteiger partial charge in [-0.15, -0.1) is 11.3 Å². The summed E-state index contributed by atoms with van der Waals surface area (Å²) in [6.45, 7) is 4.44. The Morgan fingerprint density at radius 1 is 1.76 bits per heavy atom. The predicted molar refractivity (Wildman–Crippen MR) is 65.9 cm³/mol. The zero-order valence-electron chi connectivity index (χ0n) is 9.76. The van der Waals surface area contributed by atoms with Crippen molar-refractivity contribution in [3.8, 4) is 0 Å². The van der Waals surface area contributed by atoms with E-state index in [1.54, 1.807) is 5.38 Å². The first-order chi connectivity index (χ1) is 8.20. The molecule has 5 nitrogen and oxygen atoms in total. The third-order valence-electron chi connectivity index (χ3n) is 2.76.